The number of carbonyl (C=O) groups is 3. The topological polar surface area (TPSA) is 136 Å². The van der Waals surface area contributed by atoms with Gasteiger partial charge in [0.1, 0.15) is 12.1 Å². The molecule has 0 aliphatic rings. The second kappa shape index (κ2) is 8.25. The molecule has 0 radical (unpaired) electrons. The van der Waals surface area contributed by atoms with Crippen molar-refractivity contribution in [3.63, 3.8) is 0 Å². The predicted octanol–water partition coefficient (Wildman–Crippen LogP) is -0.368. The standard InChI is InChI=1S/C10H16N2O6S/c1-2-5(8(15)16)11-10(19)12-6(9(17)18)3-4-7(13)14/h5-6H,2-4H2,1H3,(H,13,14)(H,15,16)(H,17,18)(H2,11,12,19)/t5-,6-/m0/s1. The van der Waals surface area contributed by atoms with E-state index in [1.165, 1.54) is 0 Å². The molecule has 0 aromatic heterocycles. The third kappa shape index (κ3) is 7.19. The molecule has 19 heavy (non-hydrogen) atoms. The van der Waals surface area contributed by atoms with Crippen molar-refractivity contribution < 1.29 is 29.7 Å². The quantitative estimate of drug-likeness (QED) is 0.379. The van der Waals surface area contributed by atoms with E-state index in [0.29, 0.717) is 0 Å². The van der Waals surface area contributed by atoms with Crippen LogP contribution >= 0.6 is 12.2 Å². The molecule has 8 nitrogen and oxygen atoms in total. The maximum atomic E-state index is 10.9. The van der Waals surface area contributed by atoms with Gasteiger partial charge in [0.2, 0.25) is 0 Å². The van der Waals surface area contributed by atoms with Crippen LogP contribution in [0.5, 0.6) is 0 Å². The van der Waals surface area contributed by atoms with Gasteiger partial charge in [-0.05, 0) is 25.1 Å². The predicted molar refractivity (Wildman–Crippen MR) is 68.9 cm³/mol. The Balaban J connectivity index is 4.42. The van der Waals surface area contributed by atoms with E-state index >= 15 is 0 Å². The highest BCUT2D eigenvalue weighted by Crippen LogP contribution is 1.99. The van der Waals surface area contributed by atoms with Gasteiger partial charge < -0.3 is 26.0 Å². The van der Waals surface area contributed by atoms with Crippen molar-refractivity contribution in [2.24, 2.45) is 0 Å². The summed E-state index contributed by atoms with van der Waals surface area (Å²) in [5.74, 6) is -3.48. The van der Waals surface area contributed by atoms with E-state index in [0.717, 1.165) is 0 Å². The van der Waals surface area contributed by atoms with Crippen LogP contribution in [-0.4, -0.2) is 50.4 Å². The first kappa shape index (κ1) is 17.1. The summed E-state index contributed by atoms with van der Waals surface area (Å²) in [6.07, 6.45) is -0.219. The minimum absolute atomic E-state index is 0.132. The number of thiocarbonyl (C=S) groups is 1. The zero-order chi connectivity index (χ0) is 15.0. The molecule has 0 heterocycles. The fourth-order valence-corrected chi connectivity index (χ4v) is 1.51. The second-order valence-corrected chi connectivity index (χ2v) is 4.15. The second-order valence-electron chi connectivity index (χ2n) is 3.74. The third-order valence-corrected chi connectivity index (χ3v) is 2.50. The Morgan fingerprint density at radius 3 is 1.89 bits per heavy atom. The molecule has 0 aliphatic carbocycles. The largest absolute Gasteiger partial charge is 0.481 e. The Labute approximate surface area is 114 Å². The molecule has 0 amide bonds. The highest BCUT2D eigenvalue weighted by molar-refractivity contribution is 7.80. The Hall–Kier alpha value is -1.90. The molecule has 2 atom stereocenters. The fourth-order valence-electron chi connectivity index (χ4n) is 1.22. The molecule has 5 N–H and O–H groups in total. The zero-order valence-corrected chi connectivity index (χ0v) is 11.1. The van der Waals surface area contributed by atoms with Crippen LogP contribution in [0.1, 0.15) is 26.2 Å². The first-order valence-electron chi connectivity index (χ1n) is 5.52. The van der Waals surface area contributed by atoms with Crippen molar-refractivity contribution in [1.29, 1.82) is 0 Å². The number of aliphatic carboxylic acids is 3. The van der Waals surface area contributed by atoms with E-state index in [-0.39, 0.29) is 24.4 Å². The van der Waals surface area contributed by atoms with Crippen LogP contribution in [-0.2, 0) is 14.4 Å². The first-order valence-corrected chi connectivity index (χ1v) is 5.93. The maximum Gasteiger partial charge on any atom is 0.326 e. The molecule has 0 saturated heterocycles. The molecule has 0 spiro atoms. The van der Waals surface area contributed by atoms with Crippen LogP contribution in [0.4, 0.5) is 0 Å². The van der Waals surface area contributed by atoms with Crippen LogP contribution in [0.15, 0.2) is 0 Å². The van der Waals surface area contributed by atoms with E-state index in [9.17, 15) is 14.4 Å². The summed E-state index contributed by atoms with van der Waals surface area (Å²) in [5, 5.41) is 30.9. The van der Waals surface area contributed by atoms with Gasteiger partial charge in [-0.2, -0.15) is 0 Å². The summed E-state index contributed by atoms with van der Waals surface area (Å²) in [7, 11) is 0. The summed E-state index contributed by atoms with van der Waals surface area (Å²) >= 11 is 4.79. The Morgan fingerprint density at radius 2 is 1.53 bits per heavy atom. The summed E-state index contributed by atoms with van der Waals surface area (Å²) in [6.45, 7) is 1.63. The molecule has 0 aromatic carbocycles. The summed E-state index contributed by atoms with van der Waals surface area (Å²) in [5.41, 5.74) is 0. The summed E-state index contributed by atoms with van der Waals surface area (Å²) in [6, 6.07) is -2.10. The average Bonchev–Trinajstić information content (AvgIpc) is 2.30. The highest BCUT2D eigenvalue weighted by Gasteiger charge is 2.22. The number of nitrogens with one attached hydrogen (secondary N) is 2. The number of carboxylic acids is 3. The van der Waals surface area contributed by atoms with Crippen molar-refractivity contribution in [1.82, 2.24) is 10.6 Å². The Morgan fingerprint density at radius 1 is 1.05 bits per heavy atom. The lowest BCUT2D eigenvalue weighted by Crippen LogP contribution is -2.50. The van der Waals surface area contributed by atoms with Crippen LogP contribution in [0.25, 0.3) is 0 Å². The van der Waals surface area contributed by atoms with Crippen molar-refractivity contribution in [3.8, 4) is 0 Å². The Kier molecular flexibility index (Phi) is 7.42. The SMILES string of the molecule is CC[C@H](NC(=S)N[C@@H](CCC(=O)O)C(=O)O)C(=O)O. The van der Waals surface area contributed by atoms with Gasteiger partial charge in [0.05, 0.1) is 0 Å². The Bertz CT molecular complexity index is 373. The molecule has 0 bridgehead atoms. The molecular weight excluding hydrogens is 276 g/mol. The van der Waals surface area contributed by atoms with Crippen LogP contribution < -0.4 is 10.6 Å². The smallest absolute Gasteiger partial charge is 0.326 e. The third-order valence-electron chi connectivity index (χ3n) is 2.26. The number of hydrogen-bond donors (Lipinski definition) is 5. The summed E-state index contributed by atoms with van der Waals surface area (Å²) in [4.78, 5) is 32.0. The lowest BCUT2D eigenvalue weighted by atomic mass is 10.1. The van der Waals surface area contributed by atoms with Gasteiger partial charge in [-0.1, -0.05) is 6.92 Å². The fraction of sp³-hybridized carbons (Fsp3) is 0.600. The zero-order valence-electron chi connectivity index (χ0n) is 10.3. The van der Waals surface area contributed by atoms with E-state index < -0.39 is 30.0 Å². The molecule has 0 fully saturated rings. The molecule has 0 rings (SSSR count). The van der Waals surface area contributed by atoms with Crippen LogP contribution in [0, 0.1) is 0 Å². The van der Waals surface area contributed by atoms with E-state index in [1.54, 1.807) is 6.92 Å². The summed E-state index contributed by atoms with van der Waals surface area (Å²) < 4.78 is 0. The molecule has 108 valence electrons. The van der Waals surface area contributed by atoms with Gasteiger partial charge in [0.25, 0.3) is 0 Å². The van der Waals surface area contributed by atoms with Gasteiger partial charge in [-0.3, -0.25) is 4.79 Å². The van der Waals surface area contributed by atoms with Crippen molar-refractivity contribution in [2.45, 2.75) is 38.3 Å². The van der Waals surface area contributed by atoms with Crippen molar-refractivity contribution in [2.75, 3.05) is 0 Å². The minimum Gasteiger partial charge on any atom is -0.481 e. The first-order chi connectivity index (χ1) is 8.77. The van der Waals surface area contributed by atoms with Gasteiger partial charge in [-0.25, -0.2) is 9.59 Å². The lowest BCUT2D eigenvalue weighted by Gasteiger charge is -2.19. The van der Waals surface area contributed by atoms with E-state index in [4.69, 9.17) is 27.5 Å². The molecule has 0 aliphatic heterocycles. The lowest BCUT2D eigenvalue weighted by molar-refractivity contribution is -0.140. The van der Waals surface area contributed by atoms with Crippen molar-refractivity contribution in [3.05, 3.63) is 0 Å². The van der Waals surface area contributed by atoms with Crippen LogP contribution in [0.2, 0.25) is 0 Å². The van der Waals surface area contributed by atoms with E-state index in [1.807, 2.05) is 0 Å². The van der Waals surface area contributed by atoms with E-state index in [2.05, 4.69) is 10.6 Å². The average molecular weight is 292 g/mol. The molecule has 0 aromatic rings. The normalized spacial score (nSPS) is 13.1. The maximum absolute atomic E-state index is 10.9. The van der Waals surface area contributed by atoms with Gasteiger partial charge in [-0.15, -0.1) is 0 Å². The molecule has 0 saturated carbocycles. The number of rotatable bonds is 8. The van der Waals surface area contributed by atoms with Crippen LogP contribution in [0.3, 0.4) is 0 Å². The van der Waals surface area contributed by atoms with Gasteiger partial charge >= 0.3 is 17.9 Å². The molecule has 9 heteroatoms. The number of carboxylic acid groups (broad SMARTS) is 3. The van der Waals surface area contributed by atoms with Gasteiger partial charge in [0, 0.05) is 6.42 Å². The molecular formula is C10H16N2O6S. The monoisotopic (exact) mass is 292 g/mol. The minimum atomic E-state index is -1.26. The number of hydrogen-bond acceptors (Lipinski definition) is 4. The van der Waals surface area contributed by atoms with Gasteiger partial charge in [0.15, 0.2) is 5.11 Å². The molecule has 0 unspecified atom stereocenters. The van der Waals surface area contributed by atoms with Crippen molar-refractivity contribution >= 4 is 35.2 Å². The highest BCUT2D eigenvalue weighted by atomic mass is 32.1.